The summed E-state index contributed by atoms with van der Waals surface area (Å²) in [5.41, 5.74) is 1.04. The van der Waals surface area contributed by atoms with Gasteiger partial charge in [0.1, 0.15) is 5.75 Å². The highest BCUT2D eigenvalue weighted by molar-refractivity contribution is 5.84. The molecule has 0 aliphatic heterocycles. The average molecular weight is 334 g/mol. The molecular formula is C21H22N2O2. The summed E-state index contributed by atoms with van der Waals surface area (Å²) in [5.74, 6) is 0.601. The highest BCUT2D eigenvalue weighted by Gasteiger charge is 2.14. The number of carbonyl (C=O) groups excluding carboxylic acids is 1. The van der Waals surface area contributed by atoms with E-state index in [2.05, 4.69) is 16.4 Å². The van der Waals surface area contributed by atoms with Crippen LogP contribution >= 0.6 is 0 Å². The molecule has 2 aromatic carbocycles. The summed E-state index contributed by atoms with van der Waals surface area (Å²) in [5, 5.41) is 5.17. The summed E-state index contributed by atoms with van der Waals surface area (Å²) < 4.78 is 5.78. The van der Waals surface area contributed by atoms with Crippen LogP contribution in [0.5, 0.6) is 5.75 Å². The van der Waals surface area contributed by atoms with Crippen LogP contribution < -0.4 is 10.1 Å². The van der Waals surface area contributed by atoms with Crippen LogP contribution in [0.2, 0.25) is 0 Å². The fourth-order valence-corrected chi connectivity index (χ4v) is 2.67. The van der Waals surface area contributed by atoms with Crippen molar-refractivity contribution in [2.45, 2.75) is 25.9 Å². The summed E-state index contributed by atoms with van der Waals surface area (Å²) in [6, 6.07) is 19.8. The lowest BCUT2D eigenvalue weighted by Gasteiger charge is -2.15. The molecule has 4 nitrogen and oxygen atoms in total. The van der Waals surface area contributed by atoms with E-state index in [-0.39, 0.29) is 5.91 Å². The fourth-order valence-electron chi connectivity index (χ4n) is 2.67. The first-order valence-electron chi connectivity index (χ1n) is 8.55. The number of hydrogen-bond acceptors (Lipinski definition) is 3. The average Bonchev–Trinajstić information content (AvgIpc) is 2.65. The van der Waals surface area contributed by atoms with Crippen molar-refractivity contribution < 1.29 is 9.53 Å². The van der Waals surface area contributed by atoms with Crippen LogP contribution in [0.1, 0.15) is 19.0 Å². The molecule has 0 fully saturated rings. The van der Waals surface area contributed by atoms with Gasteiger partial charge in [-0.3, -0.25) is 9.78 Å². The lowest BCUT2D eigenvalue weighted by Crippen LogP contribution is -2.36. The first-order valence-corrected chi connectivity index (χ1v) is 8.55. The number of aryl methyl sites for hydroxylation is 1. The predicted octanol–water partition coefficient (Wildman–Crippen LogP) is 3.75. The highest BCUT2D eigenvalue weighted by Crippen LogP contribution is 2.21. The Bertz CT molecular complexity index is 833. The van der Waals surface area contributed by atoms with E-state index in [0.717, 1.165) is 29.3 Å². The van der Waals surface area contributed by atoms with E-state index in [1.165, 1.54) is 0 Å². The van der Waals surface area contributed by atoms with Crippen LogP contribution in [0.15, 0.2) is 66.9 Å². The van der Waals surface area contributed by atoms with Gasteiger partial charge in [-0.2, -0.15) is 0 Å². The van der Waals surface area contributed by atoms with Gasteiger partial charge in [-0.05, 0) is 54.8 Å². The van der Waals surface area contributed by atoms with Crippen LogP contribution in [0, 0.1) is 0 Å². The zero-order chi connectivity index (χ0) is 17.5. The van der Waals surface area contributed by atoms with Crippen molar-refractivity contribution in [1.29, 1.82) is 0 Å². The van der Waals surface area contributed by atoms with Crippen LogP contribution in [0.4, 0.5) is 0 Å². The monoisotopic (exact) mass is 334 g/mol. The van der Waals surface area contributed by atoms with Crippen molar-refractivity contribution in [3.63, 3.8) is 0 Å². The van der Waals surface area contributed by atoms with Crippen LogP contribution in [0.25, 0.3) is 10.8 Å². The highest BCUT2D eigenvalue weighted by atomic mass is 16.5. The van der Waals surface area contributed by atoms with Crippen molar-refractivity contribution in [3.05, 3.63) is 72.6 Å². The Hall–Kier alpha value is -2.88. The normalized spacial score (nSPS) is 11.9. The minimum absolute atomic E-state index is 0.103. The molecule has 1 atom stereocenters. The minimum atomic E-state index is -0.531. The lowest BCUT2D eigenvalue weighted by molar-refractivity contribution is -0.127. The third-order valence-electron chi connectivity index (χ3n) is 4.04. The largest absolute Gasteiger partial charge is 0.481 e. The number of fused-ring (bicyclic) bond motifs is 1. The van der Waals surface area contributed by atoms with Gasteiger partial charge in [0.15, 0.2) is 6.10 Å². The first-order chi connectivity index (χ1) is 12.2. The molecular weight excluding hydrogens is 312 g/mol. The van der Waals surface area contributed by atoms with Gasteiger partial charge >= 0.3 is 0 Å². The smallest absolute Gasteiger partial charge is 0.260 e. The molecule has 3 aromatic rings. The van der Waals surface area contributed by atoms with Crippen LogP contribution in [0.3, 0.4) is 0 Å². The van der Waals surface area contributed by atoms with E-state index < -0.39 is 6.10 Å². The zero-order valence-corrected chi connectivity index (χ0v) is 14.3. The number of pyridine rings is 1. The molecule has 1 aromatic heterocycles. The zero-order valence-electron chi connectivity index (χ0n) is 14.3. The second-order valence-electron chi connectivity index (χ2n) is 5.98. The van der Waals surface area contributed by atoms with Crippen LogP contribution in [-0.4, -0.2) is 23.5 Å². The van der Waals surface area contributed by atoms with Gasteiger partial charge in [0.05, 0.1) is 0 Å². The van der Waals surface area contributed by atoms with E-state index in [1.54, 1.807) is 13.1 Å². The number of nitrogens with one attached hydrogen (secondary N) is 1. The number of ether oxygens (including phenoxy) is 1. The summed E-state index contributed by atoms with van der Waals surface area (Å²) in [7, 11) is 0. The van der Waals surface area contributed by atoms with Crippen molar-refractivity contribution in [3.8, 4) is 5.75 Å². The maximum absolute atomic E-state index is 12.2. The molecule has 4 heteroatoms. The van der Waals surface area contributed by atoms with Gasteiger partial charge in [-0.25, -0.2) is 0 Å². The summed E-state index contributed by atoms with van der Waals surface area (Å²) in [4.78, 5) is 16.4. The standard InChI is InChI=1S/C21H22N2O2/c1-16(21(24)23-14-6-10-19-9-4-5-13-22-19)25-20-12-11-17-7-2-3-8-18(17)15-20/h2-5,7-9,11-13,15-16H,6,10,14H2,1H3,(H,23,24). The van der Waals surface area contributed by atoms with Crippen molar-refractivity contribution >= 4 is 16.7 Å². The Morgan fingerprint density at radius 1 is 1.08 bits per heavy atom. The van der Waals surface area contributed by atoms with Gasteiger partial charge in [0.25, 0.3) is 5.91 Å². The maximum atomic E-state index is 12.2. The summed E-state index contributed by atoms with van der Waals surface area (Å²) >= 11 is 0. The molecule has 1 N–H and O–H groups in total. The van der Waals surface area contributed by atoms with E-state index in [0.29, 0.717) is 12.3 Å². The molecule has 1 unspecified atom stereocenters. The third-order valence-corrected chi connectivity index (χ3v) is 4.04. The molecule has 0 saturated carbocycles. The molecule has 0 aliphatic rings. The number of aromatic nitrogens is 1. The van der Waals surface area contributed by atoms with Gasteiger partial charge in [-0.15, -0.1) is 0 Å². The number of rotatable bonds is 7. The predicted molar refractivity (Wildman–Crippen MR) is 99.6 cm³/mol. The van der Waals surface area contributed by atoms with Crippen molar-refractivity contribution in [1.82, 2.24) is 10.3 Å². The number of carbonyl (C=O) groups is 1. The van der Waals surface area contributed by atoms with Crippen LogP contribution in [-0.2, 0) is 11.2 Å². The molecule has 0 aliphatic carbocycles. The van der Waals surface area contributed by atoms with Gasteiger partial charge < -0.3 is 10.1 Å². The van der Waals surface area contributed by atoms with E-state index in [4.69, 9.17) is 4.74 Å². The summed E-state index contributed by atoms with van der Waals surface area (Å²) in [6.07, 6.45) is 2.95. The van der Waals surface area contributed by atoms with Crippen molar-refractivity contribution in [2.24, 2.45) is 0 Å². The Labute approximate surface area is 147 Å². The van der Waals surface area contributed by atoms with Gasteiger partial charge in [0.2, 0.25) is 0 Å². The molecule has 25 heavy (non-hydrogen) atoms. The first kappa shape index (κ1) is 17.0. The number of amides is 1. The second kappa shape index (κ2) is 8.29. The minimum Gasteiger partial charge on any atom is -0.481 e. The third kappa shape index (κ3) is 4.80. The summed E-state index contributed by atoms with van der Waals surface area (Å²) in [6.45, 7) is 2.38. The van der Waals surface area contributed by atoms with E-state index >= 15 is 0 Å². The molecule has 3 rings (SSSR count). The van der Waals surface area contributed by atoms with Gasteiger partial charge in [-0.1, -0.05) is 36.4 Å². The quantitative estimate of drug-likeness (QED) is 0.670. The molecule has 0 spiro atoms. The SMILES string of the molecule is CC(Oc1ccc2ccccc2c1)C(=O)NCCCc1ccccn1. The second-order valence-corrected chi connectivity index (χ2v) is 5.98. The number of nitrogens with zero attached hydrogens (tertiary/aromatic N) is 1. The maximum Gasteiger partial charge on any atom is 0.260 e. The molecule has 0 radical (unpaired) electrons. The topological polar surface area (TPSA) is 51.2 Å². The number of benzene rings is 2. The lowest BCUT2D eigenvalue weighted by atomic mass is 10.1. The Kier molecular flexibility index (Phi) is 5.62. The Balaban J connectivity index is 1.46. The molecule has 128 valence electrons. The van der Waals surface area contributed by atoms with E-state index in [1.807, 2.05) is 54.6 Å². The van der Waals surface area contributed by atoms with E-state index in [9.17, 15) is 4.79 Å². The number of hydrogen-bond donors (Lipinski definition) is 1. The molecule has 1 heterocycles. The Morgan fingerprint density at radius 3 is 2.68 bits per heavy atom. The molecule has 1 amide bonds. The molecule has 0 saturated heterocycles. The van der Waals surface area contributed by atoms with Crippen molar-refractivity contribution in [2.75, 3.05) is 6.54 Å². The fraction of sp³-hybridized carbons (Fsp3) is 0.238. The van der Waals surface area contributed by atoms with Gasteiger partial charge in [0, 0.05) is 18.4 Å². The molecule has 0 bridgehead atoms. The Morgan fingerprint density at radius 2 is 1.88 bits per heavy atom.